The number of aliphatic hydroxyl groups excluding tert-OH is 1. The number of hydrogen-bond donors (Lipinski definition) is 2. The number of benzene rings is 1. The van der Waals surface area contributed by atoms with Gasteiger partial charge in [0.25, 0.3) is 0 Å². The lowest BCUT2D eigenvalue weighted by molar-refractivity contribution is 0.0518. The Bertz CT molecular complexity index is 418. The fourth-order valence-electron chi connectivity index (χ4n) is 1.94. The van der Waals surface area contributed by atoms with Crippen molar-refractivity contribution in [2.45, 2.75) is 6.04 Å². The van der Waals surface area contributed by atoms with Gasteiger partial charge in [0.2, 0.25) is 0 Å². The van der Waals surface area contributed by atoms with Crippen LogP contribution in [-0.4, -0.2) is 48.9 Å². The molecule has 0 spiro atoms. The zero-order chi connectivity index (χ0) is 13.7. The van der Waals surface area contributed by atoms with Crippen molar-refractivity contribution < 1.29 is 14.6 Å². The second-order valence-electron chi connectivity index (χ2n) is 4.34. The zero-order valence-corrected chi connectivity index (χ0v) is 11.3. The summed E-state index contributed by atoms with van der Waals surface area (Å²) in [7, 11) is 0. The first-order chi connectivity index (χ1) is 9.20. The number of rotatable bonds is 3. The van der Waals surface area contributed by atoms with Crippen molar-refractivity contribution in [2.24, 2.45) is 0 Å². The van der Waals surface area contributed by atoms with E-state index in [0.29, 0.717) is 31.3 Å². The minimum Gasteiger partial charge on any atom is -0.394 e. The zero-order valence-electron chi connectivity index (χ0n) is 10.5. The second kappa shape index (κ2) is 6.75. The predicted molar refractivity (Wildman–Crippen MR) is 72.2 cm³/mol. The van der Waals surface area contributed by atoms with Crippen molar-refractivity contribution in [3.05, 3.63) is 34.9 Å². The monoisotopic (exact) mass is 284 g/mol. The van der Waals surface area contributed by atoms with E-state index >= 15 is 0 Å². The van der Waals surface area contributed by atoms with Crippen molar-refractivity contribution in [1.29, 1.82) is 0 Å². The lowest BCUT2D eigenvalue weighted by Gasteiger charge is -2.29. The summed E-state index contributed by atoms with van der Waals surface area (Å²) in [6, 6.07) is 6.46. The summed E-state index contributed by atoms with van der Waals surface area (Å²) in [5.74, 6) is 0. The van der Waals surface area contributed by atoms with E-state index in [1.807, 2.05) is 0 Å². The van der Waals surface area contributed by atoms with Crippen LogP contribution in [0.1, 0.15) is 11.6 Å². The average molecular weight is 285 g/mol. The van der Waals surface area contributed by atoms with Crippen LogP contribution in [0.25, 0.3) is 0 Å². The van der Waals surface area contributed by atoms with E-state index in [0.717, 1.165) is 5.56 Å². The molecule has 0 aromatic heterocycles. The number of aliphatic hydroxyl groups is 1. The van der Waals surface area contributed by atoms with E-state index in [4.69, 9.17) is 16.3 Å². The van der Waals surface area contributed by atoms with Crippen molar-refractivity contribution in [1.82, 2.24) is 10.2 Å². The van der Waals surface area contributed by atoms with Gasteiger partial charge in [-0.2, -0.15) is 0 Å². The highest BCUT2D eigenvalue weighted by Gasteiger charge is 2.20. The van der Waals surface area contributed by atoms with Gasteiger partial charge < -0.3 is 20.1 Å². The van der Waals surface area contributed by atoms with Gasteiger partial charge >= 0.3 is 6.03 Å². The number of amides is 2. The number of nitrogens with one attached hydrogen (secondary N) is 1. The maximum absolute atomic E-state index is 12.0. The predicted octanol–water partition coefficient (Wildman–Crippen LogP) is 1.42. The third-order valence-electron chi connectivity index (χ3n) is 3.05. The third-order valence-corrected chi connectivity index (χ3v) is 3.30. The summed E-state index contributed by atoms with van der Waals surface area (Å²) in [6.07, 6.45) is 0. The third kappa shape index (κ3) is 3.83. The molecule has 19 heavy (non-hydrogen) atoms. The maximum atomic E-state index is 12.0. The Labute approximate surface area is 117 Å². The first-order valence-electron chi connectivity index (χ1n) is 6.20. The molecule has 1 aromatic carbocycles. The quantitative estimate of drug-likeness (QED) is 0.882. The smallest absolute Gasteiger partial charge is 0.318 e. The van der Waals surface area contributed by atoms with E-state index in [1.54, 1.807) is 29.2 Å². The number of carbonyl (C=O) groups is 1. The van der Waals surface area contributed by atoms with Gasteiger partial charge in [-0.1, -0.05) is 23.7 Å². The van der Waals surface area contributed by atoms with Gasteiger partial charge in [0.05, 0.1) is 25.9 Å². The highest BCUT2D eigenvalue weighted by Crippen LogP contribution is 2.16. The number of carbonyl (C=O) groups excluding carboxylic acids is 1. The summed E-state index contributed by atoms with van der Waals surface area (Å²) in [5.41, 5.74) is 0.827. The van der Waals surface area contributed by atoms with Crippen LogP contribution < -0.4 is 5.32 Å². The maximum Gasteiger partial charge on any atom is 0.318 e. The molecule has 1 aromatic rings. The molecule has 6 heteroatoms. The fourth-order valence-corrected chi connectivity index (χ4v) is 2.06. The topological polar surface area (TPSA) is 61.8 Å². The van der Waals surface area contributed by atoms with E-state index in [-0.39, 0.29) is 12.6 Å². The molecule has 1 fully saturated rings. The van der Waals surface area contributed by atoms with Gasteiger partial charge in [0.15, 0.2) is 0 Å². The molecule has 104 valence electrons. The van der Waals surface area contributed by atoms with Crippen molar-refractivity contribution in [3.63, 3.8) is 0 Å². The molecular weight excluding hydrogens is 268 g/mol. The lowest BCUT2D eigenvalue weighted by atomic mass is 10.1. The van der Waals surface area contributed by atoms with Crippen LogP contribution in [0.4, 0.5) is 4.79 Å². The van der Waals surface area contributed by atoms with Crippen LogP contribution >= 0.6 is 11.6 Å². The van der Waals surface area contributed by atoms with Crippen molar-refractivity contribution in [3.8, 4) is 0 Å². The summed E-state index contributed by atoms with van der Waals surface area (Å²) >= 11 is 5.82. The standard InChI is InChI=1S/C13H17ClN2O3/c14-11-3-1-10(2-4-11)12(9-17)15-13(18)16-5-7-19-8-6-16/h1-4,12,17H,5-9H2,(H,15,18). The minimum atomic E-state index is -0.424. The summed E-state index contributed by atoms with van der Waals surface area (Å²) in [4.78, 5) is 13.7. The van der Waals surface area contributed by atoms with Crippen LogP contribution in [0.5, 0.6) is 0 Å². The molecule has 1 atom stereocenters. The van der Waals surface area contributed by atoms with Crippen molar-refractivity contribution in [2.75, 3.05) is 32.9 Å². The normalized spacial score (nSPS) is 17.1. The molecule has 1 aliphatic rings. The van der Waals surface area contributed by atoms with Crippen LogP contribution in [0.3, 0.4) is 0 Å². The van der Waals surface area contributed by atoms with Crippen LogP contribution in [0, 0.1) is 0 Å². The molecule has 1 unspecified atom stereocenters. The molecular formula is C13H17ClN2O3. The second-order valence-corrected chi connectivity index (χ2v) is 4.77. The first kappa shape index (κ1) is 14.1. The number of halogens is 1. The Hall–Kier alpha value is -1.30. The molecule has 0 saturated carbocycles. The lowest BCUT2D eigenvalue weighted by Crippen LogP contribution is -2.47. The van der Waals surface area contributed by atoms with Gasteiger partial charge in [0, 0.05) is 18.1 Å². The number of hydrogen-bond acceptors (Lipinski definition) is 3. The van der Waals surface area contributed by atoms with Gasteiger partial charge in [0.1, 0.15) is 0 Å². The van der Waals surface area contributed by atoms with E-state index in [9.17, 15) is 9.90 Å². The average Bonchev–Trinajstić information content (AvgIpc) is 2.46. The Morgan fingerprint density at radius 2 is 2.00 bits per heavy atom. The highest BCUT2D eigenvalue weighted by molar-refractivity contribution is 6.30. The summed E-state index contributed by atoms with van der Waals surface area (Å²) in [6.45, 7) is 2.10. The Morgan fingerprint density at radius 3 is 2.58 bits per heavy atom. The number of ether oxygens (including phenoxy) is 1. The Balaban J connectivity index is 1.98. The highest BCUT2D eigenvalue weighted by atomic mass is 35.5. The molecule has 2 amide bonds. The minimum absolute atomic E-state index is 0.155. The Morgan fingerprint density at radius 1 is 1.37 bits per heavy atom. The molecule has 2 rings (SSSR count). The molecule has 1 aliphatic heterocycles. The molecule has 2 N–H and O–H groups in total. The van der Waals surface area contributed by atoms with Gasteiger partial charge in [-0.15, -0.1) is 0 Å². The van der Waals surface area contributed by atoms with Crippen molar-refractivity contribution >= 4 is 17.6 Å². The SMILES string of the molecule is O=C(NC(CO)c1ccc(Cl)cc1)N1CCOCC1. The number of morpholine rings is 1. The molecule has 5 nitrogen and oxygen atoms in total. The number of urea groups is 1. The van der Waals surface area contributed by atoms with E-state index in [2.05, 4.69) is 5.32 Å². The largest absolute Gasteiger partial charge is 0.394 e. The molecule has 1 heterocycles. The molecule has 0 radical (unpaired) electrons. The van der Waals surface area contributed by atoms with Crippen LogP contribution in [-0.2, 0) is 4.74 Å². The van der Waals surface area contributed by atoms with Crippen LogP contribution in [0.2, 0.25) is 5.02 Å². The van der Waals surface area contributed by atoms with E-state index in [1.165, 1.54) is 0 Å². The summed E-state index contributed by atoms with van der Waals surface area (Å²) in [5, 5.41) is 12.8. The molecule has 0 bridgehead atoms. The Kier molecular flexibility index (Phi) is 5.01. The van der Waals surface area contributed by atoms with Crippen LogP contribution in [0.15, 0.2) is 24.3 Å². The van der Waals surface area contributed by atoms with Gasteiger partial charge in [-0.25, -0.2) is 4.79 Å². The van der Waals surface area contributed by atoms with Gasteiger partial charge in [-0.3, -0.25) is 0 Å². The first-order valence-corrected chi connectivity index (χ1v) is 6.58. The summed E-state index contributed by atoms with van der Waals surface area (Å²) < 4.78 is 5.19. The van der Waals surface area contributed by atoms with Gasteiger partial charge in [-0.05, 0) is 17.7 Å². The van der Waals surface area contributed by atoms with E-state index < -0.39 is 6.04 Å². The molecule has 0 aliphatic carbocycles. The fraction of sp³-hybridized carbons (Fsp3) is 0.462. The molecule has 1 saturated heterocycles. The number of nitrogens with zero attached hydrogens (tertiary/aromatic N) is 1.